The zero-order valence-corrected chi connectivity index (χ0v) is 20.4. The molecule has 2 aliphatic rings. The van der Waals surface area contributed by atoms with Crippen LogP contribution in [0.25, 0.3) is 11.0 Å². The van der Waals surface area contributed by atoms with E-state index < -0.39 is 24.0 Å². The Morgan fingerprint density at radius 2 is 2.00 bits per heavy atom. The number of morpholine rings is 1. The number of aromatic nitrogens is 4. The first-order valence-electron chi connectivity index (χ1n) is 12.2. The number of nitrogens with zero attached hydrogens (tertiary/aromatic N) is 6. The van der Waals surface area contributed by atoms with E-state index >= 15 is 0 Å². The first-order valence-corrected chi connectivity index (χ1v) is 12.2. The summed E-state index contributed by atoms with van der Waals surface area (Å²) in [5, 5.41) is 0.769. The number of piperidine rings is 1. The number of likely N-dealkylation sites (tertiary alicyclic amines) is 1. The lowest BCUT2D eigenvalue weighted by atomic mass is 9.94. The van der Waals surface area contributed by atoms with E-state index in [0.717, 1.165) is 17.6 Å². The zero-order chi connectivity index (χ0) is 26.2. The van der Waals surface area contributed by atoms with Gasteiger partial charge in [-0.25, -0.2) is 14.4 Å². The molecule has 2 aliphatic heterocycles. The highest BCUT2D eigenvalue weighted by atomic mass is 19.4. The summed E-state index contributed by atoms with van der Waals surface area (Å²) < 4.78 is 61.5. The number of rotatable bonds is 6. The summed E-state index contributed by atoms with van der Waals surface area (Å²) in [4.78, 5) is 28.3. The molecule has 3 aromatic heterocycles. The van der Waals surface area contributed by atoms with Crippen LogP contribution in [0.15, 0.2) is 36.9 Å². The topological polar surface area (TPSA) is 76.4 Å². The average molecular weight is 521 g/mol. The first kappa shape index (κ1) is 25.5. The Labute approximate surface area is 211 Å². The lowest BCUT2D eigenvalue weighted by molar-refractivity contribution is -0.137. The molecule has 5 heterocycles. The fourth-order valence-electron chi connectivity index (χ4n) is 5.17. The van der Waals surface area contributed by atoms with Crippen molar-refractivity contribution >= 4 is 22.6 Å². The molecule has 198 valence electrons. The molecule has 2 fully saturated rings. The maximum absolute atomic E-state index is 15.0. The van der Waals surface area contributed by atoms with Crippen molar-refractivity contribution < 1.29 is 27.1 Å². The standard InChI is InChI=1S/C25H28F4N6O2/c1-16(36)11-33-6-4-17(20(26)13-33)12-34-7-5-19-23(34)31-15-32-24(19)35-8-9-37-14-22(35)21-3-2-18(10-30-21)25(27,28)29/h2-3,5,7,10,15,17,20,22H,4,6,8-9,11-14H2,1H3/t17?,20-,22?/m0/s1. The van der Waals surface area contributed by atoms with Crippen molar-refractivity contribution in [3.05, 3.63) is 48.2 Å². The van der Waals surface area contributed by atoms with Gasteiger partial charge in [-0.05, 0) is 38.1 Å². The third-order valence-electron chi connectivity index (χ3n) is 7.03. The van der Waals surface area contributed by atoms with Crippen molar-refractivity contribution in [2.75, 3.05) is 44.3 Å². The molecule has 0 bridgehead atoms. The minimum Gasteiger partial charge on any atom is -0.377 e. The van der Waals surface area contributed by atoms with Crippen molar-refractivity contribution in [2.24, 2.45) is 5.92 Å². The van der Waals surface area contributed by atoms with Gasteiger partial charge in [-0.15, -0.1) is 0 Å². The minimum atomic E-state index is -4.46. The summed E-state index contributed by atoms with van der Waals surface area (Å²) in [6.45, 7) is 4.30. The SMILES string of the molecule is CC(=O)CN1CCC(Cn2ccc3c(N4CCOCC4c4ccc(C(F)(F)F)cn4)ncnc32)[C@@H](F)C1. The van der Waals surface area contributed by atoms with E-state index in [0.29, 0.717) is 49.8 Å². The molecular formula is C25H28F4N6O2. The maximum Gasteiger partial charge on any atom is 0.417 e. The number of pyridine rings is 1. The van der Waals surface area contributed by atoms with Crippen LogP contribution >= 0.6 is 0 Å². The van der Waals surface area contributed by atoms with Crippen molar-refractivity contribution in [3.63, 3.8) is 0 Å². The molecule has 0 amide bonds. The molecule has 0 spiro atoms. The third kappa shape index (κ3) is 5.45. The van der Waals surface area contributed by atoms with E-state index in [2.05, 4.69) is 15.0 Å². The summed E-state index contributed by atoms with van der Waals surface area (Å²) in [5.74, 6) is 0.454. The second-order valence-electron chi connectivity index (χ2n) is 9.66. The maximum atomic E-state index is 15.0. The van der Waals surface area contributed by atoms with E-state index in [4.69, 9.17) is 4.74 Å². The van der Waals surface area contributed by atoms with Gasteiger partial charge in [0, 0.05) is 37.9 Å². The molecule has 12 heteroatoms. The van der Waals surface area contributed by atoms with Crippen molar-refractivity contribution in [1.29, 1.82) is 0 Å². The monoisotopic (exact) mass is 520 g/mol. The number of ether oxygens (including phenoxy) is 1. The molecule has 8 nitrogen and oxygen atoms in total. The molecule has 0 radical (unpaired) electrons. The lowest BCUT2D eigenvalue weighted by Gasteiger charge is -2.36. The van der Waals surface area contributed by atoms with Crippen LogP contribution in [0.5, 0.6) is 0 Å². The molecule has 37 heavy (non-hydrogen) atoms. The lowest BCUT2D eigenvalue weighted by Crippen LogP contribution is -2.44. The van der Waals surface area contributed by atoms with Crippen LogP contribution < -0.4 is 4.90 Å². The number of ketones is 1. The molecule has 0 aromatic carbocycles. The number of halogens is 4. The highest BCUT2D eigenvalue weighted by molar-refractivity contribution is 5.88. The molecule has 3 atom stereocenters. The quantitative estimate of drug-likeness (QED) is 0.459. The van der Waals surface area contributed by atoms with Crippen molar-refractivity contribution in [3.8, 4) is 0 Å². The number of carbonyl (C=O) groups excluding carboxylic acids is 1. The number of hydrogen-bond acceptors (Lipinski definition) is 7. The number of Topliss-reactive ketones (excluding diaryl/α,β-unsaturated/α-hetero) is 1. The summed E-state index contributed by atoms with van der Waals surface area (Å²) in [6.07, 6.45) is -0.729. The number of anilines is 1. The van der Waals surface area contributed by atoms with Crippen molar-refractivity contribution in [2.45, 2.75) is 38.3 Å². The summed E-state index contributed by atoms with van der Waals surface area (Å²) in [5.41, 5.74) is 0.310. The molecule has 0 aliphatic carbocycles. The van der Waals surface area contributed by atoms with E-state index in [1.807, 2.05) is 26.6 Å². The summed E-state index contributed by atoms with van der Waals surface area (Å²) >= 11 is 0. The van der Waals surface area contributed by atoms with Crippen molar-refractivity contribution in [1.82, 2.24) is 24.4 Å². The highest BCUT2D eigenvalue weighted by Gasteiger charge is 2.34. The fraction of sp³-hybridized carbons (Fsp3) is 0.520. The number of carbonyl (C=O) groups is 1. The number of alkyl halides is 4. The van der Waals surface area contributed by atoms with Crippen LogP contribution in [0.2, 0.25) is 0 Å². The van der Waals surface area contributed by atoms with Crippen LogP contribution in [-0.2, 0) is 22.3 Å². The molecular weight excluding hydrogens is 492 g/mol. The number of fused-ring (bicyclic) bond motifs is 1. The first-order chi connectivity index (χ1) is 17.7. The van der Waals surface area contributed by atoms with Gasteiger partial charge in [0.15, 0.2) is 0 Å². The average Bonchev–Trinajstić information content (AvgIpc) is 3.28. The smallest absolute Gasteiger partial charge is 0.377 e. The van der Waals surface area contributed by atoms with Crippen LogP contribution in [0.4, 0.5) is 23.4 Å². The Bertz CT molecular complexity index is 1250. The Hall–Kier alpha value is -3.12. The van der Waals surface area contributed by atoms with E-state index in [1.54, 1.807) is 0 Å². The number of hydrogen-bond donors (Lipinski definition) is 0. The summed E-state index contributed by atoms with van der Waals surface area (Å²) in [6, 6.07) is 3.86. The second-order valence-corrected chi connectivity index (χ2v) is 9.66. The third-order valence-corrected chi connectivity index (χ3v) is 7.03. The Morgan fingerprint density at radius 3 is 2.70 bits per heavy atom. The van der Waals surface area contributed by atoms with E-state index in [9.17, 15) is 22.4 Å². The van der Waals surface area contributed by atoms with E-state index in [-0.39, 0.29) is 31.4 Å². The molecule has 2 unspecified atom stereocenters. The van der Waals surface area contributed by atoms with Gasteiger partial charge in [0.1, 0.15) is 29.7 Å². The van der Waals surface area contributed by atoms with Crippen LogP contribution in [0, 0.1) is 5.92 Å². The Kier molecular flexibility index (Phi) is 7.13. The van der Waals surface area contributed by atoms with Gasteiger partial charge in [0.25, 0.3) is 0 Å². The van der Waals surface area contributed by atoms with Gasteiger partial charge in [0.2, 0.25) is 0 Å². The van der Waals surface area contributed by atoms with Gasteiger partial charge < -0.3 is 14.2 Å². The van der Waals surface area contributed by atoms with Crippen LogP contribution in [0.3, 0.4) is 0 Å². The van der Waals surface area contributed by atoms with Crippen LogP contribution in [-0.4, -0.2) is 75.8 Å². The predicted molar refractivity (Wildman–Crippen MR) is 128 cm³/mol. The van der Waals surface area contributed by atoms with Gasteiger partial charge in [-0.1, -0.05) is 0 Å². The fourth-order valence-corrected chi connectivity index (χ4v) is 5.17. The van der Waals surface area contributed by atoms with Gasteiger partial charge >= 0.3 is 6.18 Å². The highest BCUT2D eigenvalue weighted by Crippen LogP contribution is 2.34. The largest absolute Gasteiger partial charge is 0.417 e. The predicted octanol–water partition coefficient (Wildman–Crippen LogP) is 3.67. The molecule has 3 aromatic rings. The summed E-state index contributed by atoms with van der Waals surface area (Å²) in [7, 11) is 0. The second kappa shape index (κ2) is 10.3. The Morgan fingerprint density at radius 1 is 1.16 bits per heavy atom. The van der Waals surface area contributed by atoms with Gasteiger partial charge in [0.05, 0.1) is 42.4 Å². The zero-order valence-electron chi connectivity index (χ0n) is 20.4. The molecule has 0 N–H and O–H groups in total. The molecule has 0 saturated carbocycles. The molecule has 2 saturated heterocycles. The van der Waals surface area contributed by atoms with Gasteiger partial charge in [-0.2, -0.15) is 13.2 Å². The van der Waals surface area contributed by atoms with E-state index in [1.165, 1.54) is 19.3 Å². The van der Waals surface area contributed by atoms with Gasteiger partial charge in [-0.3, -0.25) is 14.7 Å². The molecule has 5 rings (SSSR count). The minimum absolute atomic E-state index is 0.0270. The Balaban J connectivity index is 1.37. The van der Waals surface area contributed by atoms with Crippen LogP contribution in [0.1, 0.15) is 30.6 Å². The normalized spacial score (nSPS) is 23.5.